The normalized spacial score (nSPS) is 16.7. The van der Waals surface area contributed by atoms with Gasteiger partial charge in [-0.1, -0.05) is 0 Å². The highest BCUT2D eigenvalue weighted by atomic mass is 16.6. The standard InChI is InChI=1S/C26H42N2O6/c1-19(2)28(21-11-8-9-14-27(18-21)25(30)34-26(3,4)5)24(29)20-12-13-22(32-7)23(17-20)33-16-10-15-31-6/h12-13,17,19,21H,8-11,14-16,18H2,1-7H3. The molecular formula is C26H42N2O6. The number of hydrogen-bond donors (Lipinski definition) is 0. The molecule has 2 rings (SSSR count). The van der Waals surface area contributed by atoms with E-state index in [4.69, 9.17) is 18.9 Å². The summed E-state index contributed by atoms with van der Waals surface area (Å²) in [6.07, 6.45) is 3.07. The molecule has 1 aliphatic rings. The van der Waals surface area contributed by atoms with Crippen molar-refractivity contribution in [3.05, 3.63) is 23.8 Å². The molecule has 1 aromatic carbocycles. The fourth-order valence-electron chi connectivity index (χ4n) is 4.12. The van der Waals surface area contributed by atoms with Gasteiger partial charge in [0.15, 0.2) is 11.5 Å². The summed E-state index contributed by atoms with van der Waals surface area (Å²) in [5.41, 5.74) is -0.0286. The summed E-state index contributed by atoms with van der Waals surface area (Å²) in [5, 5.41) is 0. The Morgan fingerprint density at radius 3 is 2.47 bits per heavy atom. The average molecular weight is 479 g/mol. The maximum Gasteiger partial charge on any atom is 0.410 e. The number of benzene rings is 1. The van der Waals surface area contributed by atoms with Crippen molar-refractivity contribution >= 4 is 12.0 Å². The molecule has 0 aromatic heterocycles. The second-order valence-corrected chi connectivity index (χ2v) is 9.94. The van der Waals surface area contributed by atoms with Gasteiger partial charge in [-0.05, 0) is 72.1 Å². The fraction of sp³-hybridized carbons (Fsp3) is 0.692. The molecule has 1 atom stereocenters. The van der Waals surface area contributed by atoms with Crippen molar-refractivity contribution in [2.75, 3.05) is 40.5 Å². The van der Waals surface area contributed by atoms with E-state index in [1.54, 1.807) is 37.3 Å². The molecule has 0 spiro atoms. The predicted octanol–water partition coefficient (Wildman–Crippen LogP) is 4.75. The van der Waals surface area contributed by atoms with Crippen LogP contribution in [0, 0.1) is 0 Å². The molecule has 2 amide bonds. The van der Waals surface area contributed by atoms with Crippen LogP contribution in [-0.2, 0) is 9.47 Å². The number of carbonyl (C=O) groups excluding carboxylic acids is 2. The quantitative estimate of drug-likeness (QED) is 0.477. The number of rotatable bonds is 9. The van der Waals surface area contributed by atoms with Crippen molar-refractivity contribution in [3.8, 4) is 11.5 Å². The highest BCUT2D eigenvalue weighted by Crippen LogP contribution is 2.30. The van der Waals surface area contributed by atoms with Crippen LogP contribution in [0.5, 0.6) is 11.5 Å². The van der Waals surface area contributed by atoms with Crippen LogP contribution in [0.3, 0.4) is 0 Å². The van der Waals surface area contributed by atoms with Crippen LogP contribution in [-0.4, -0.2) is 80.0 Å². The van der Waals surface area contributed by atoms with E-state index in [-0.39, 0.29) is 24.1 Å². The Kier molecular flexibility index (Phi) is 10.5. The summed E-state index contributed by atoms with van der Waals surface area (Å²) in [4.78, 5) is 30.1. The second kappa shape index (κ2) is 12.8. The van der Waals surface area contributed by atoms with E-state index in [0.717, 1.165) is 25.7 Å². The Balaban J connectivity index is 2.24. The molecule has 1 aliphatic heterocycles. The topological polar surface area (TPSA) is 77.5 Å². The minimum Gasteiger partial charge on any atom is -0.493 e. The van der Waals surface area contributed by atoms with Crippen LogP contribution < -0.4 is 9.47 Å². The molecule has 8 nitrogen and oxygen atoms in total. The van der Waals surface area contributed by atoms with Crippen molar-refractivity contribution in [1.82, 2.24) is 9.80 Å². The van der Waals surface area contributed by atoms with Crippen LogP contribution in [0.4, 0.5) is 4.79 Å². The molecule has 0 bridgehead atoms. The Labute approximate surface area is 204 Å². The number of methoxy groups -OCH3 is 2. The van der Waals surface area contributed by atoms with Gasteiger partial charge < -0.3 is 28.7 Å². The lowest BCUT2D eigenvalue weighted by molar-refractivity contribution is 0.0182. The first kappa shape index (κ1) is 27.8. The zero-order valence-electron chi connectivity index (χ0n) is 21.9. The van der Waals surface area contributed by atoms with Gasteiger partial charge in [0.1, 0.15) is 5.60 Å². The van der Waals surface area contributed by atoms with Crippen molar-refractivity contribution in [3.63, 3.8) is 0 Å². The number of likely N-dealkylation sites (tertiary alicyclic amines) is 1. The molecule has 0 radical (unpaired) electrons. The number of amides is 2. The molecule has 1 fully saturated rings. The second-order valence-electron chi connectivity index (χ2n) is 9.94. The molecule has 1 unspecified atom stereocenters. The molecule has 1 aromatic rings. The number of carbonyl (C=O) groups is 2. The average Bonchev–Trinajstić information content (AvgIpc) is 3.01. The Bertz CT molecular complexity index is 805. The first-order valence-corrected chi connectivity index (χ1v) is 12.2. The van der Waals surface area contributed by atoms with Crippen molar-refractivity contribution in [1.29, 1.82) is 0 Å². The maximum absolute atomic E-state index is 13.7. The van der Waals surface area contributed by atoms with E-state index in [9.17, 15) is 9.59 Å². The van der Waals surface area contributed by atoms with Crippen LogP contribution in [0.15, 0.2) is 18.2 Å². The summed E-state index contributed by atoms with van der Waals surface area (Å²) in [7, 11) is 3.23. The van der Waals surface area contributed by atoms with Gasteiger partial charge in [-0.2, -0.15) is 0 Å². The SMILES string of the molecule is COCCCOc1cc(C(=O)N(C(C)C)C2CCCCN(C(=O)OC(C)(C)C)C2)ccc1OC. The van der Waals surface area contributed by atoms with E-state index in [0.29, 0.717) is 43.4 Å². The largest absolute Gasteiger partial charge is 0.493 e. The zero-order chi connectivity index (χ0) is 25.3. The summed E-state index contributed by atoms with van der Waals surface area (Å²) < 4.78 is 22.0. The third-order valence-electron chi connectivity index (χ3n) is 5.64. The minimum absolute atomic E-state index is 0.0377. The number of nitrogens with zero attached hydrogens (tertiary/aromatic N) is 2. The summed E-state index contributed by atoms with van der Waals surface area (Å²) in [6.45, 7) is 11.7. The smallest absolute Gasteiger partial charge is 0.410 e. The Morgan fingerprint density at radius 2 is 1.85 bits per heavy atom. The lowest BCUT2D eigenvalue weighted by atomic mass is 10.0. The molecule has 192 valence electrons. The first-order valence-electron chi connectivity index (χ1n) is 12.2. The van der Waals surface area contributed by atoms with E-state index < -0.39 is 5.60 Å². The Morgan fingerprint density at radius 1 is 1.12 bits per heavy atom. The lowest BCUT2D eigenvalue weighted by Crippen LogP contribution is -2.51. The molecule has 0 aliphatic carbocycles. The maximum atomic E-state index is 13.7. The zero-order valence-corrected chi connectivity index (χ0v) is 21.9. The molecule has 0 N–H and O–H groups in total. The highest BCUT2D eigenvalue weighted by Gasteiger charge is 2.33. The van der Waals surface area contributed by atoms with Gasteiger partial charge >= 0.3 is 6.09 Å². The van der Waals surface area contributed by atoms with Crippen molar-refractivity contribution < 1.29 is 28.5 Å². The molecule has 1 heterocycles. The minimum atomic E-state index is -0.560. The van der Waals surface area contributed by atoms with Crippen molar-refractivity contribution in [2.24, 2.45) is 0 Å². The van der Waals surface area contributed by atoms with Gasteiger partial charge in [-0.3, -0.25) is 4.79 Å². The number of ether oxygens (including phenoxy) is 4. The summed E-state index contributed by atoms with van der Waals surface area (Å²) >= 11 is 0. The fourth-order valence-corrected chi connectivity index (χ4v) is 4.12. The molecule has 1 saturated heterocycles. The molecule has 8 heteroatoms. The molecule has 0 saturated carbocycles. The van der Waals surface area contributed by atoms with Crippen LogP contribution in [0.1, 0.15) is 70.7 Å². The van der Waals surface area contributed by atoms with Crippen LogP contribution >= 0.6 is 0 Å². The van der Waals surface area contributed by atoms with E-state index in [1.165, 1.54) is 0 Å². The van der Waals surface area contributed by atoms with Crippen LogP contribution in [0.2, 0.25) is 0 Å². The van der Waals surface area contributed by atoms with Crippen LogP contribution in [0.25, 0.3) is 0 Å². The van der Waals surface area contributed by atoms with Gasteiger partial charge in [0.2, 0.25) is 0 Å². The van der Waals surface area contributed by atoms with Gasteiger partial charge in [-0.15, -0.1) is 0 Å². The number of hydrogen-bond acceptors (Lipinski definition) is 6. The summed E-state index contributed by atoms with van der Waals surface area (Å²) in [6, 6.07) is 5.13. The van der Waals surface area contributed by atoms with Gasteiger partial charge in [0.05, 0.1) is 19.8 Å². The lowest BCUT2D eigenvalue weighted by Gasteiger charge is -2.37. The first-order chi connectivity index (χ1) is 16.1. The Hall–Kier alpha value is -2.48. The monoisotopic (exact) mass is 478 g/mol. The molecular weight excluding hydrogens is 436 g/mol. The van der Waals surface area contributed by atoms with Crippen molar-refractivity contribution in [2.45, 2.75) is 78.0 Å². The van der Waals surface area contributed by atoms with E-state index in [2.05, 4.69) is 0 Å². The van der Waals surface area contributed by atoms with E-state index in [1.807, 2.05) is 39.5 Å². The van der Waals surface area contributed by atoms with E-state index >= 15 is 0 Å². The predicted molar refractivity (Wildman–Crippen MR) is 132 cm³/mol. The third-order valence-corrected chi connectivity index (χ3v) is 5.64. The van der Waals surface area contributed by atoms with Gasteiger partial charge in [-0.25, -0.2) is 4.79 Å². The third kappa shape index (κ3) is 8.08. The highest BCUT2D eigenvalue weighted by molar-refractivity contribution is 5.95. The summed E-state index contributed by atoms with van der Waals surface area (Å²) in [5.74, 6) is 1.02. The van der Waals surface area contributed by atoms with Gasteiger partial charge in [0, 0.05) is 44.8 Å². The van der Waals surface area contributed by atoms with Gasteiger partial charge in [0.25, 0.3) is 5.91 Å². The molecule has 34 heavy (non-hydrogen) atoms.